The van der Waals surface area contributed by atoms with Crippen LogP contribution in [0.5, 0.6) is 0 Å². The summed E-state index contributed by atoms with van der Waals surface area (Å²) >= 11 is 0. The fraction of sp³-hybridized carbons (Fsp3) is 0.963. The van der Waals surface area contributed by atoms with Gasteiger partial charge >= 0.3 is 0 Å². The summed E-state index contributed by atoms with van der Waals surface area (Å²) < 4.78 is 0. The van der Waals surface area contributed by atoms with Crippen LogP contribution in [-0.2, 0) is 4.79 Å². The van der Waals surface area contributed by atoms with Gasteiger partial charge in [0.25, 0.3) is 0 Å². The lowest BCUT2D eigenvalue weighted by molar-refractivity contribution is -0.140. The Morgan fingerprint density at radius 2 is 1.64 bits per heavy atom. The Kier molecular flexibility index (Phi) is 5.78. The highest BCUT2D eigenvalue weighted by molar-refractivity contribution is 5.79. The van der Waals surface area contributed by atoms with Crippen molar-refractivity contribution >= 4 is 5.78 Å². The third-order valence-electron chi connectivity index (χ3n) is 10.7. The smallest absolute Gasteiger partial charge is 0.133 e. The Bertz CT molecular complexity index is 579. The van der Waals surface area contributed by atoms with Gasteiger partial charge in [0, 0.05) is 12.8 Å². The molecule has 5 unspecified atom stereocenters. The standard InChI is InChI=1S/C27H46O/c1-18(2)7-6-8-19(3)23-11-12-24-22-10-9-20-17-21(28)13-15-26(20,4)25(22)14-16-27(23,24)5/h18-20,22-25H,6-17H2,1-5H3/t19-,20?,22?,23?,24?,25?,26+,27-/m1/s1. The van der Waals surface area contributed by atoms with Crippen LogP contribution < -0.4 is 0 Å². The maximum atomic E-state index is 12.1. The molecule has 0 saturated heterocycles. The Morgan fingerprint density at radius 3 is 2.39 bits per heavy atom. The van der Waals surface area contributed by atoms with Gasteiger partial charge in [-0.05, 0) is 97.2 Å². The molecule has 4 rings (SSSR count). The molecule has 0 amide bonds. The predicted molar refractivity (Wildman–Crippen MR) is 118 cm³/mol. The first-order valence-electron chi connectivity index (χ1n) is 12.8. The average molecular weight is 387 g/mol. The van der Waals surface area contributed by atoms with Crippen molar-refractivity contribution in [3.05, 3.63) is 0 Å². The minimum absolute atomic E-state index is 0.471. The summed E-state index contributed by atoms with van der Waals surface area (Å²) in [7, 11) is 0. The third-order valence-corrected chi connectivity index (χ3v) is 10.7. The molecule has 0 heterocycles. The number of rotatable bonds is 5. The molecule has 0 radical (unpaired) electrons. The number of carbonyl (C=O) groups excluding carboxylic acids is 1. The molecule has 0 spiro atoms. The maximum absolute atomic E-state index is 12.1. The minimum Gasteiger partial charge on any atom is -0.300 e. The van der Waals surface area contributed by atoms with Gasteiger partial charge < -0.3 is 0 Å². The van der Waals surface area contributed by atoms with Gasteiger partial charge in [-0.3, -0.25) is 4.79 Å². The van der Waals surface area contributed by atoms with Crippen LogP contribution in [0.4, 0.5) is 0 Å². The van der Waals surface area contributed by atoms with Crippen LogP contribution >= 0.6 is 0 Å². The second-order valence-corrected chi connectivity index (χ2v) is 12.4. The van der Waals surface area contributed by atoms with Gasteiger partial charge in [-0.2, -0.15) is 0 Å². The van der Waals surface area contributed by atoms with Crippen molar-refractivity contribution in [2.24, 2.45) is 52.3 Å². The van der Waals surface area contributed by atoms with Crippen molar-refractivity contribution < 1.29 is 4.79 Å². The molecule has 4 fully saturated rings. The van der Waals surface area contributed by atoms with E-state index in [0.717, 1.165) is 48.3 Å². The molecule has 4 aliphatic rings. The van der Waals surface area contributed by atoms with Crippen LogP contribution in [0, 0.1) is 52.3 Å². The zero-order valence-electron chi connectivity index (χ0n) is 19.4. The molecule has 4 saturated carbocycles. The topological polar surface area (TPSA) is 17.1 Å². The zero-order valence-corrected chi connectivity index (χ0v) is 19.4. The van der Waals surface area contributed by atoms with Gasteiger partial charge in [0.15, 0.2) is 0 Å². The highest BCUT2D eigenvalue weighted by Crippen LogP contribution is 2.68. The van der Waals surface area contributed by atoms with Gasteiger partial charge in [-0.15, -0.1) is 0 Å². The van der Waals surface area contributed by atoms with E-state index in [1.54, 1.807) is 0 Å². The Labute approximate surface area is 174 Å². The zero-order chi connectivity index (χ0) is 20.1. The van der Waals surface area contributed by atoms with E-state index in [2.05, 4.69) is 34.6 Å². The number of fused-ring (bicyclic) bond motifs is 5. The van der Waals surface area contributed by atoms with E-state index in [1.165, 1.54) is 64.2 Å². The monoisotopic (exact) mass is 386 g/mol. The Morgan fingerprint density at radius 1 is 0.893 bits per heavy atom. The normalized spacial score (nSPS) is 46.8. The van der Waals surface area contributed by atoms with E-state index in [4.69, 9.17) is 0 Å². The predicted octanol–water partition coefficient (Wildman–Crippen LogP) is 7.68. The number of Topliss-reactive ketones (excluding diaryl/α,β-unsaturated/α-hetero) is 1. The van der Waals surface area contributed by atoms with Crippen LogP contribution in [0.3, 0.4) is 0 Å². The first-order chi connectivity index (χ1) is 13.3. The summed E-state index contributed by atoms with van der Waals surface area (Å²) in [6.45, 7) is 12.6. The molecular weight excluding hydrogens is 340 g/mol. The minimum atomic E-state index is 0.471. The number of hydrogen-bond acceptors (Lipinski definition) is 1. The van der Waals surface area contributed by atoms with E-state index >= 15 is 0 Å². The summed E-state index contributed by atoms with van der Waals surface area (Å²) in [6.07, 6.45) is 15.9. The van der Waals surface area contributed by atoms with E-state index in [-0.39, 0.29) is 0 Å². The summed E-state index contributed by atoms with van der Waals surface area (Å²) in [5.41, 5.74) is 1.07. The van der Waals surface area contributed by atoms with E-state index < -0.39 is 0 Å². The highest BCUT2D eigenvalue weighted by atomic mass is 16.1. The molecular formula is C27H46O. The van der Waals surface area contributed by atoms with Crippen molar-refractivity contribution in [2.75, 3.05) is 0 Å². The van der Waals surface area contributed by atoms with E-state index in [9.17, 15) is 4.79 Å². The molecule has 0 aromatic carbocycles. The molecule has 28 heavy (non-hydrogen) atoms. The lowest BCUT2D eigenvalue weighted by Crippen LogP contribution is -2.53. The molecule has 1 heteroatoms. The lowest BCUT2D eigenvalue weighted by Gasteiger charge is -2.60. The van der Waals surface area contributed by atoms with Crippen molar-refractivity contribution in [3.63, 3.8) is 0 Å². The molecule has 4 aliphatic carbocycles. The number of hydrogen-bond donors (Lipinski definition) is 0. The second kappa shape index (κ2) is 7.73. The number of carbonyl (C=O) groups is 1. The van der Waals surface area contributed by atoms with Gasteiger partial charge in [0.05, 0.1) is 0 Å². The number of ketones is 1. The first kappa shape index (κ1) is 20.9. The summed E-state index contributed by atoms with van der Waals surface area (Å²) in [5.74, 6) is 6.82. The quantitative estimate of drug-likeness (QED) is 0.473. The van der Waals surface area contributed by atoms with Crippen molar-refractivity contribution in [1.82, 2.24) is 0 Å². The second-order valence-electron chi connectivity index (χ2n) is 12.4. The molecule has 0 N–H and O–H groups in total. The molecule has 8 atom stereocenters. The van der Waals surface area contributed by atoms with Crippen LogP contribution in [0.15, 0.2) is 0 Å². The van der Waals surface area contributed by atoms with Gasteiger partial charge in [-0.1, -0.05) is 53.9 Å². The van der Waals surface area contributed by atoms with Gasteiger partial charge in [0.2, 0.25) is 0 Å². The average Bonchev–Trinajstić information content (AvgIpc) is 2.99. The summed E-state index contributed by atoms with van der Waals surface area (Å²) in [5, 5.41) is 0. The maximum Gasteiger partial charge on any atom is 0.133 e. The third kappa shape index (κ3) is 3.41. The SMILES string of the molecule is CC(C)CCC[C@@H](C)C1CCC2C3CCC4CC(=O)CC[C@]4(C)C3CC[C@@]21C. The van der Waals surface area contributed by atoms with Crippen LogP contribution in [0.25, 0.3) is 0 Å². The molecule has 0 aliphatic heterocycles. The van der Waals surface area contributed by atoms with Crippen LogP contribution in [-0.4, -0.2) is 5.78 Å². The van der Waals surface area contributed by atoms with Crippen molar-refractivity contribution in [1.29, 1.82) is 0 Å². The van der Waals surface area contributed by atoms with Gasteiger partial charge in [-0.25, -0.2) is 0 Å². The Balaban J connectivity index is 1.47. The summed E-state index contributed by atoms with van der Waals surface area (Å²) in [6, 6.07) is 0. The van der Waals surface area contributed by atoms with E-state index in [0.29, 0.717) is 22.5 Å². The van der Waals surface area contributed by atoms with Crippen LogP contribution in [0.1, 0.15) is 112 Å². The molecule has 160 valence electrons. The lowest BCUT2D eigenvalue weighted by atomic mass is 9.44. The van der Waals surface area contributed by atoms with E-state index in [1.807, 2.05) is 0 Å². The molecule has 0 aromatic rings. The first-order valence-corrected chi connectivity index (χ1v) is 12.8. The summed E-state index contributed by atoms with van der Waals surface area (Å²) in [4.78, 5) is 12.1. The highest BCUT2D eigenvalue weighted by Gasteiger charge is 2.60. The van der Waals surface area contributed by atoms with Gasteiger partial charge in [0.1, 0.15) is 5.78 Å². The van der Waals surface area contributed by atoms with Crippen molar-refractivity contribution in [3.8, 4) is 0 Å². The van der Waals surface area contributed by atoms with Crippen LogP contribution in [0.2, 0.25) is 0 Å². The Hall–Kier alpha value is -0.330. The molecule has 1 nitrogen and oxygen atoms in total. The fourth-order valence-electron chi connectivity index (χ4n) is 9.07. The molecule has 0 bridgehead atoms. The molecule has 0 aromatic heterocycles. The largest absolute Gasteiger partial charge is 0.300 e. The van der Waals surface area contributed by atoms with Crippen molar-refractivity contribution in [2.45, 2.75) is 112 Å². The fourth-order valence-corrected chi connectivity index (χ4v) is 9.07.